The first-order valence-electron chi connectivity index (χ1n) is 8.73. The van der Waals surface area contributed by atoms with Crippen molar-refractivity contribution < 1.29 is 26.4 Å². The molecule has 0 fully saturated rings. The van der Waals surface area contributed by atoms with Crippen molar-refractivity contribution in [3.63, 3.8) is 0 Å². The SMILES string of the molecule is CN(C)c1ccc(/C=N\NC(=O)CN(c2cccc(C(F)(F)F)c2)S(C)(=O)=O)cc1Br. The van der Waals surface area contributed by atoms with Gasteiger partial charge in [-0.3, -0.25) is 9.10 Å². The molecule has 0 aliphatic carbocycles. The summed E-state index contributed by atoms with van der Waals surface area (Å²) >= 11 is 3.42. The van der Waals surface area contributed by atoms with E-state index in [1.54, 1.807) is 12.1 Å². The van der Waals surface area contributed by atoms with Gasteiger partial charge in [-0.15, -0.1) is 0 Å². The number of halogens is 4. The number of carbonyl (C=O) groups is 1. The molecule has 2 aromatic carbocycles. The van der Waals surface area contributed by atoms with Crippen LogP contribution in [-0.2, 0) is 21.0 Å². The molecule has 2 aromatic rings. The molecule has 0 saturated carbocycles. The van der Waals surface area contributed by atoms with Gasteiger partial charge in [-0.05, 0) is 51.8 Å². The highest BCUT2D eigenvalue weighted by atomic mass is 79.9. The number of amides is 1. The van der Waals surface area contributed by atoms with E-state index in [1.165, 1.54) is 12.3 Å². The van der Waals surface area contributed by atoms with Gasteiger partial charge in [0.15, 0.2) is 0 Å². The third kappa shape index (κ3) is 6.96. The van der Waals surface area contributed by atoms with Gasteiger partial charge in [-0.1, -0.05) is 12.1 Å². The fourth-order valence-electron chi connectivity index (χ4n) is 2.55. The van der Waals surface area contributed by atoms with Crippen LogP contribution in [0.15, 0.2) is 52.0 Å². The molecule has 0 atom stereocenters. The minimum Gasteiger partial charge on any atom is -0.377 e. The lowest BCUT2D eigenvalue weighted by Gasteiger charge is -2.22. The quantitative estimate of drug-likeness (QED) is 0.447. The average molecular weight is 521 g/mol. The van der Waals surface area contributed by atoms with E-state index in [0.717, 1.165) is 28.5 Å². The number of carbonyl (C=O) groups excluding carboxylic acids is 1. The first kappa shape index (κ1) is 24.7. The summed E-state index contributed by atoms with van der Waals surface area (Å²) in [6.45, 7) is -0.735. The molecule has 2 rings (SSSR count). The molecule has 0 radical (unpaired) electrons. The van der Waals surface area contributed by atoms with Gasteiger partial charge < -0.3 is 4.90 Å². The molecule has 12 heteroatoms. The van der Waals surface area contributed by atoms with Crippen LogP contribution in [0, 0.1) is 0 Å². The number of sulfonamides is 1. The largest absolute Gasteiger partial charge is 0.416 e. The second kappa shape index (κ2) is 9.69. The Hall–Kier alpha value is -2.60. The first-order chi connectivity index (χ1) is 14.3. The summed E-state index contributed by atoms with van der Waals surface area (Å²) in [5, 5.41) is 3.78. The Balaban J connectivity index is 2.14. The van der Waals surface area contributed by atoms with Gasteiger partial charge in [0, 0.05) is 18.6 Å². The predicted molar refractivity (Wildman–Crippen MR) is 118 cm³/mol. The molecule has 0 aliphatic rings. The number of nitrogens with zero attached hydrogens (tertiary/aromatic N) is 3. The molecule has 0 bridgehead atoms. The Morgan fingerprint density at radius 1 is 1.19 bits per heavy atom. The molecule has 0 saturated heterocycles. The van der Waals surface area contributed by atoms with Gasteiger partial charge >= 0.3 is 6.18 Å². The Morgan fingerprint density at radius 2 is 1.87 bits per heavy atom. The smallest absolute Gasteiger partial charge is 0.377 e. The van der Waals surface area contributed by atoms with E-state index in [9.17, 15) is 26.4 Å². The fourth-order valence-corrected chi connectivity index (χ4v) is 4.15. The zero-order valence-corrected chi connectivity index (χ0v) is 19.2. The lowest BCUT2D eigenvalue weighted by molar-refractivity contribution is -0.137. The first-order valence-corrected chi connectivity index (χ1v) is 11.4. The summed E-state index contributed by atoms with van der Waals surface area (Å²) in [7, 11) is -0.267. The zero-order valence-electron chi connectivity index (χ0n) is 16.8. The van der Waals surface area contributed by atoms with Crippen LogP contribution in [0.25, 0.3) is 0 Å². The van der Waals surface area contributed by atoms with Crippen molar-refractivity contribution in [2.75, 3.05) is 36.1 Å². The van der Waals surface area contributed by atoms with Crippen molar-refractivity contribution in [3.05, 3.63) is 58.1 Å². The lowest BCUT2D eigenvalue weighted by atomic mass is 10.2. The second-order valence-electron chi connectivity index (χ2n) is 6.72. The molecule has 0 spiro atoms. The minimum atomic E-state index is -4.65. The monoisotopic (exact) mass is 520 g/mol. The maximum atomic E-state index is 12.9. The van der Waals surface area contributed by atoms with Crippen LogP contribution in [0.4, 0.5) is 24.5 Å². The molecular formula is C19H20BrF3N4O3S. The molecule has 168 valence electrons. The maximum Gasteiger partial charge on any atom is 0.416 e. The molecule has 1 N–H and O–H groups in total. The van der Waals surface area contributed by atoms with E-state index >= 15 is 0 Å². The van der Waals surface area contributed by atoms with Crippen LogP contribution in [0.1, 0.15) is 11.1 Å². The number of nitrogens with one attached hydrogen (secondary N) is 1. The van der Waals surface area contributed by atoms with Crippen LogP contribution in [0.3, 0.4) is 0 Å². The van der Waals surface area contributed by atoms with Crippen molar-refractivity contribution in [2.45, 2.75) is 6.18 Å². The lowest BCUT2D eigenvalue weighted by Crippen LogP contribution is -2.39. The van der Waals surface area contributed by atoms with Crippen LogP contribution >= 0.6 is 15.9 Å². The van der Waals surface area contributed by atoms with Gasteiger partial charge in [0.05, 0.1) is 29.4 Å². The van der Waals surface area contributed by atoms with Crippen molar-refractivity contribution >= 4 is 49.4 Å². The third-order valence-electron chi connectivity index (χ3n) is 4.01. The number of anilines is 2. The van der Waals surface area contributed by atoms with E-state index in [-0.39, 0.29) is 5.69 Å². The van der Waals surface area contributed by atoms with E-state index in [1.807, 2.05) is 25.1 Å². The fraction of sp³-hybridized carbons (Fsp3) is 0.263. The third-order valence-corrected chi connectivity index (χ3v) is 5.78. The van der Waals surface area contributed by atoms with Gasteiger partial charge in [0.2, 0.25) is 10.0 Å². The molecule has 0 aromatic heterocycles. The number of hydrogen-bond acceptors (Lipinski definition) is 5. The van der Waals surface area contributed by atoms with Crippen LogP contribution < -0.4 is 14.6 Å². The average Bonchev–Trinajstić information content (AvgIpc) is 2.64. The van der Waals surface area contributed by atoms with Gasteiger partial charge in [-0.25, -0.2) is 13.8 Å². The summed E-state index contributed by atoms with van der Waals surface area (Å²) in [5.74, 6) is -0.817. The van der Waals surface area contributed by atoms with Gasteiger partial charge in [0.1, 0.15) is 6.54 Å². The molecule has 0 unspecified atom stereocenters. The number of hydrogen-bond donors (Lipinski definition) is 1. The second-order valence-corrected chi connectivity index (χ2v) is 9.48. The number of hydrazone groups is 1. The highest BCUT2D eigenvalue weighted by Crippen LogP contribution is 2.32. The Kier molecular flexibility index (Phi) is 7.71. The van der Waals surface area contributed by atoms with E-state index in [2.05, 4.69) is 26.5 Å². The van der Waals surface area contributed by atoms with E-state index in [0.29, 0.717) is 15.9 Å². The van der Waals surface area contributed by atoms with Crippen molar-refractivity contribution in [1.82, 2.24) is 5.43 Å². The van der Waals surface area contributed by atoms with E-state index in [4.69, 9.17) is 0 Å². The van der Waals surface area contributed by atoms with Gasteiger partial charge in [-0.2, -0.15) is 18.3 Å². The van der Waals surface area contributed by atoms with Crippen LogP contribution in [-0.4, -0.2) is 47.4 Å². The Morgan fingerprint density at radius 3 is 2.42 bits per heavy atom. The standard InChI is InChI=1S/C19H20BrF3N4O3S/c1-26(2)17-8-7-13(9-16(17)20)11-24-25-18(28)12-27(31(3,29)30)15-6-4-5-14(10-15)19(21,22)23/h4-11H,12H2,1-3H3,(H,25,28)/b24-11-. The summed E-state index contributed by atoms with van der Waals surface area (Å²) in [5.41, 5.74) is 2.48. The highest BCUT2D eigenvalue weighted by Gasteiger charge is 2.32. The normalized spacial score (nSPS) is 12.1. The maximum absolute atomic E-state index is 12.9. The molecular weight excluding hydrogens is 501 g/mol. The predicted octanol–water partition coefficient (Wildman–Crippen LogP) is 3.45. The highest BCUT2D eigenvalue weighted by molar-refractivity contribution is 9.10. The van der Waals surface area contributed by atoms with Crippen LogP contribution in [0.2, 0.25) is 0 Å². The number of benzene rings is 2. The van der Waals surface area contributed by atoms with Crippen molar-refractivity contribution in [1.29, 1.82) is 0 Å². The minimum absolute atomic E-state index is 0.278. The number of alkyl halides is 3. The summed E-state index contributed by atoms with van der Waals surface area (Å²) in [4.78, 5) is 14.1. The van der Waals surface area contributed by atoms with Crippen molar-refractivity contribution in [3.8, 4) is 0 Å². The molecule has 7 nitrogen and oxygen atoms in total. The van der Waals surface area contributed by atoms with Crippen LogP contribution in [0.5, 0.6) is 0 Å². The summed E-state index contributed by atoms with van der Waals surface area (Å²) < 4.78 is 64.3. The summed E-state index contributed by atoms with van der Waals surface area (Å²) in [6, 6.07) is 9.11. The molecule has 0 heterocycles. The Labute approximate surface area is 186 Å². The zero-order chi connectivity index (χ0) is 23.4. The molecule has 0 aliphatic heterocycles. The topological polar surface area (TPSA) is 82.1 Å². The molecule has 31 heavy (non-hydrogen) atoms. The Bertz CT molecular complexity index is 1090. The summed E-state index contributed by atoms with van der Waals surface area (Å²) in [6.07, 6.45) is -2.49. The van der Waals surface area contributed by atoms with E-state index < -0.39 is 34.2 Å². The molecule has 1 amide bonds. The number of rotatable bonds is 7. The van der Waals surface area contributed by atoms with Crippen molar-refractivity contribution in [2.24, 2.45) is 5.10 Å². The van der Waals surface area contributed by atoms with Gasteiger partial charge in [0.25, 0.3) is 5.91 Å².